The van der Waals surface area contributed by atoms with Gasteiger partial charge in [-0.05, 0) is 31.0 Å². The van der Waals surface area contributed by atoms with Gasteiger partial charge in [0, 0.05) is 10.5 Å². The summed E-state index contributed by atoms with van der Waals surface area (Å²) in [5.41, 5.74) is 0.774. The second-order valence-electron chi connectivity index (χ2n) is 3.80. The Hall–Kier alpha value is -0.870. The molecule has 0 aromatic heterocycles. The van der Waals surface area contributed by atoms with Crippen LogP contribution < -0.4 is 5.32 Å². The van der Waals surface area contributed by atoms with E-state index in [0.29, 0.717) is 0 Å². The molecule has 88 valence electrons. The smallest absolute Gasteiger partial charge is 0.325 e. The van der Waals surface area contributed by atoms with Crippen molar-refractivity contribution in [3.8, 4) is 0 Å². The maximum atomic E-state index is 11.2. The number of rotatable bonds is 5. The van der Waals surface area contributed by atoms with Gasteiger partial charge in [0.15, 0.2) is 0 Å². The molecule has 0 radical (unpaired) electrons. The predicted octanol–water partition coefficient (Wildman–Crippen LogP) is 2.96. The first kappa shape index (κ1) is 13.2. The van der Waals surface area contributed by atoms with Crippen LogP contribution in [-0.2, 0) is 4.79 Å². The number of aliphatic carboxylic acids is 1. The van der Waals surface area contributed by atoms with E-state index in [1.165, 1.54) is 0 Å². The lowest BCUT2D eigenvalue weighted by atomic mass is 10.1. The predicted molar refractivity (Wildman–Crippen MR) is 67.4 cm³/mol. The summed E-state index contributed by atoms with van der Waals surface area (Å²) < 4.78 is 0.948. The number of halogens is 1. The Morgan fingerprint density at radius 2 is 2.00 bits per heavy atom. The topological polar surface area (TPSA) is 49.3 Å². The summed E-state index contributed by atoms with van der Waals surface area (Å²) in [6, 6.07) is 6.89. The summed E-state index contributed by atoms with van der Waals surface area (Å²) in [6.07, 6.45) is 0.903. The number of carboxylic acid groups (broad SMARTS) is 1. The first-order chi connectivity index (χ1) is 7.54. The van der Waals surface area contributed by atoms with Gasteiger partial charge in [-0.15, -0.1) is 0 Å². The van der Waals surface area contributed by atoms with Crippen molar-refractivity contribution in [1.29, 1.82) is 0 Å². The molecule has 1 aromatic rings. The average Bonchev–Trinajstić information content (AvgIpc) is 2.26. The van der Waals surface area contributed by atoms with Crippen LogP contribution in [0.2, 0.25) is 0 Å². The monoisotopic (exact) mass is 285 g/mol. The zero-order valence-corrected chi connectivity index (χ0v) is 11.0. The summed E-state index contributed by atoms with van der Waals surface area (Å²) >= 11 is 3.33. The molecule has 3 nitrogen and oxygen atoms in total. The largest absolute Gasteiger partial charge is 0.480 e. The quantitative estimate of drug-likeness (QED) is 0.875. The van der Waals surface area contributed by atoms with Crippen molar-refractivity contribution in [2.75, 3.05) is 0 Å². The Morgan fingerprint density at radius 1 is 1.44 bits per heavy atom. The van der Waals surface area contributed by atoms with E-state index >= 15 is 0 Å². The molecular weight excluding hydrogens is 270 g/mol. The Balaban J connectivity index is 2.85. The number of carboxylic acids is 1. The van der Waals surface area contributed by atoms with E-state index in [1.807, 2.05) is 38.1 Å². The van der Waals surface area contributed by atoms with E-state index in [4.69, 9.17) is 5.11 Å². The van der Waals surface area contributed by atoms with Crippen molar-refractivity contribution in [3.05, 3.63) is 34.3 Å². The Bertz CT molecular complexity index is 351. The first-order valence-corrected chi connectivity index (χ1v) is 6.08. The van der Waals surface area contributed by atoms with E-state index in [1.54, 1.807) is 0 Å². The minimum absolute atomic E-state index is 0.185. The van der Waals surface area contributed by atoms with Gasteiger partial charge in [0.2, 0.25) is 0 Å². The molecule has 2 atom stereocenters. The average molecular weight is 286 g/mol. The van der Waals surface area contributed by atoms with E-state index in [9.17, 15) is 4.79 Å². The maximum absolute atomic E-state index is 11.2. The van der Waals surface area contributed by atoms with Gasteiger partial charge in [0.1, 0.15) is 6.04 Å². The number of carbonyl (C=O) groups is 1. The summed E-state index contributed by atoms with van der Waals surface area (Å²) in [5, 5.41) is 12.3. The molecule has 0 spiro atoms. The molecule has 2 unspecified atom stereocenters. The van der Waals surface area contributed by atoms with Gasteiger partial charge >= 0.3 is 5.97 Å². The second kappa shape index (κ2) is 6.01. The molecule has 0 aliphatic rings. The lowest BCUT2D eigenvalue weighted by Crippen LogP contribution is -2.34. The number of hydrogen-bond acceptors (Lipinski definition) is 2. The molecule has 4 heteroatoms. The molecule has 0 aliphatic heterocycles. The van der Waals surface area contributed by atoms with Crippen LogP contribution in [0.25, 0.3) is 0 Å². The molecule has 0 amide bonds. The highest BCUT2D eigenvalue weighted by molar-refractivity contribution is 9.10. The van der Waals surface area contributed by atoms with Crippen molar-refractivity contribution in [2.45, 2.75) is 32.4 Å². The van der Waals surface area contributed by atoms with E-state index in [2.05, 4.69) is 21.2 Å². The molecule has 2 N–H and O–H groups in total. The molecule has 0 saturated heterocycles. The lowest BCUT2D eigenvalue weighted by molar-refractivity contribution is -0.139. The van der Waals surface area contributed by atoms with Crippen molar-refractivity contribution < 1.29 is 9.90 Å². The van der Waals surface area contributed by atoms with Gasteiger partial charge in [-0.25, -0.2) is 0 Å². The van der Waals surface area contributed by atoms with Gasteiger partial charge in [0.05, 0.1) is 0 Å². The first-order valence-electron chi connectivity index (χ1n) is 5.29. The molecule has 0 heterocycles. The van der Waals surface area contributed by atoms with Crippen LogP contribution in [-0.4, -0.2) is 17.1 Å². The Kier molecular flexibility index (Phi) is 4.96. The third-order valence-electron chi connectivity index (χ3n) is 2.51. The Morgan fingerprint density at radius 3 is 2.44 bits per heavy atom. The highest BCUT2D eigenvalue weighted by Gasteiger charge is 2.20. The number of nitrogens with one attached hydrogen (secondary N) is 1. The van der Waals surface area contributed by atoms with E-state index in [0.717, 1.165) is 16.5 Å². The summed E-state index contributed by atoms with van der Waals surface area (Å²) in [7, 11) is 0. The zero-order chi connectivity index (χ0) is 12.1. The SMILES string of the molecule is CCC(C)NC(C(=O)O)c1ccc(Br)cc1. The van der Waals surface area contributed by atoms with Crippen molar-refractivity contribution in [3.63, 3.8) is 0 Å². The van der Waals surface area contributed by atoms with Gasteiger partial charge in [-0.3, -0.25) is 10.1 Å². The summed E-state index contributed by atoms with van der Waals surface area (Å²) in [5.74, 6) is -0.845. The maximum Gasteiger partial charge on any atom is 0.325 e. The van der Waals surface area contributed by atoms with Crippen molar-refractivity contribution >= 4 is 21.9 Å². The van der Waals surface area contributed by atoms with Crippen molar-refractivity contribution in [2.24, 2.45) is 0 Å². The number of hydrogen-bond donors (Lipinski definition) is 2. The van der Waals surface area contributed by atoms with Crippen LogP contribution in [0.4, 0.5) is 0 Å². The van der Waals surface area contributed by atoms with Crippen LogP contribution in [0.3, 0.4) is 0 Å². The third kappa shape index (κ3) is 3.61. The third-order valence-corrected chi connectivity index (χ3v) is 3.04. The van der Waals surface area contributed by atoms with Crippen LogP contribution in [0.1, 0.15) is 31.9 Å². The van der Waals surface area contributed by atoms with Gasteiger partial charge in [-0.1, -0.05) is 35.0 Å². The molecular formula is C12H16BrNO2. The second-order valence-corrected chi connectivity index (χ2v) is 4.71. The van der Waals surface area contributed by atoms with E-state index < -0.39 is 12.0 Å². The van der Waals surface area contributed by atoms with Crippen molar-refractivity contribution in [1.82, 2.24) is 5.32 Å². The van der Waals surface area contributed by atoms with Gasteiger partial charge < -0.3 is 5.11 Å². The molecule has 16 heavy (non-hydrogen) atoms. The Labute approximate surface area is 104 Å². The minimum atomic E-state index is -0.845. The number of benzene rings is 1. The molecule has 0 saturated carbocycles. The molecule has 0 bridgehead atoms. The standard InChI is InChI=1S/C12H16BrNO2/c1-3-8(2)14-11(12(15)16)9-4-6-10(13)7-5-9/h4-8,11,14H,3H2,1-2H3,(H,15,16). The molecule has 1 aromatic carbocycles. The summed E-state index contributed by atoms with van der Waals surface area (Å²) in [6.45, 7) is 4.01. The lowest BCUT2D eigenvalue weighted by Gasteiger charge is -2.19. The minimum Gasteiger partial charge on any atom is -0.480 e. The van der Waals surface area contributed by atoms with Crippen LogP contribution >= 0.6 is 15.9 Å². The highest BCUT2D eigenvalue weighted by Crippen LogP contribution is 2.18. The molecule has 1 rings (SSSR count). The normalized spacial score (nSPS) is 14.4. The zero-order valence-electron chi connectivity index (χ0n) is 9.40. The fraction of sp³-hybridized carbons (Fsp3) is 0.417. The fourth-order valence-corrected chi connectivity index (χ4v) is 1.63. The fourth-order valence-electron chi connectivity index (χ4n) is 1.37. The van der Waals surface area contributed by atoms with Crippen LogP contribution in [0.15, 0.2) is 28.7 Å². The summed E-state index contributed by atoms with van der Waals surface area (Å²) in [4.78, 5) is 11.2. The molecule has 0 fully saturated rings. The van der Waals surface area contributed by atoms with Gasteiger partial charge in [-0.2, -0.15) is 0 Å². The van der Waals surface area contributed by atoms with E-state index in [-0.39, 0.29) is 6.04 Å². The molecule has 0 aliphatic carbocycles. The van der Waals surface area contributed by atoms with Gasteiger partial charge in [0.25, 0.3) is 0 Å². The van der Waals surface area contributed by atoms with Crippen LogP contribution in [0.5, 0.6) is 0 Å². The highest BCUT2D eigenvalue weighted by atomic mass is 79.9. The van der Waals surface area contributed by atoms with Crippen LogP contribution in [0, 0.1) is 0 Å².